The van der Waals surface area contributed by atoms with Crippen molar-refractivity contribution >= 4 is 11.6 Å². The lowest BCUT2D eigenvalue weighted by Crippen LogP contribution is -2.05. The van der Waals surface area contributed by atoms with E-state index in [1.165, 1.54) is 6.26 Å². The van der Waals surface area contributed by atoms with E-state index in [4.69, 9.17) is 22.1 Å². The predicted octanol–water partition coefficient (Wildman–Crippen LogP) is 0.857. The van der Waals surface area contributed by atoms with Gasteiger partial charge < -0.3 is 10.5 Å². The monoisotopic (exact) mass is 199 g/mol. The molecule has 0 saturated heterocycles. The number of halogens is 1. The maximum Gasteiger partial charge on any atom is 0.301 e. The number of nitrogens with two attached hydrogens (primary N) is 1. The molecule has 1 aliphatic heterocycles. The van der Waals surface area contributed by atoms with Crippen LogP contribution in [0.5, 0.6) is 6.01 Å². The summed E-state index contributed by atoms with van der Waals surface area (Å²) < 4.78 is 7.05. The third kappa shape index (κ3) is 1.68. The Balaban J connectivity index is 2.22. The first-order valence-corrected chi connectivity index (χ1v) is 4.44. The second-order valence-corrected chi connectivity index (χ2v) is 3.35. The van der Waals surface area contributed by atoms with Crippen LogP contribution < -0.4 is 10.5 Å². The molecule has 4 nitrogen and oxygen atoms in total. The van der Waals surface area contributed by atoms with E-state index in [0.717, 1.165) is 12.1 Å². The zero-order chi connectivity index (χ0) is 9.26. The highest BCUT2D eigenvalue weighted by Gasteiger charge is 2.13. The molecule has 0 aliphatic carbocycles. The van der Waals surface area contributed by atoms with E-state index in [1.54, 1.807) is 0 Å². The van der Waals surface area contributed by atoms with Crippen LogP contribution in [0.25, 0.3) is 0 Å². The molecule has 0 saturated carbocycles. The van der Waals surface area contributed by atoms with E-state index in [1.807, 2.05) is 10.8 Å². The molecular weight excluding hydrogens is 190 g/mol. The van der Waals surface area contributed by atoms with Crippen LogP contribution in [0.3, 0.4) is 0 Å². The number of nitrogens with zero attached hydrogens (tertiary/aromatic N) is 2. The normalized spacial score (nSPS) is 14.8. The smallest absolute Gasteiger partial charge is 0.301 e. The van der Waals surface area contributed by atoms with Gasteiger partial charge in [-0.1, -0.05) is 11.6 Å². The third-order valence-corrected chi connectivity index (χ3v) is 2.01. The molecule has 0 atom stereocenters. The van der Waals surface area contributed by atoms with Gasteiger partial charge in [-0.25, -0.2) is 0 Å². The summed E-state index contributed by atoms with van der Waals surface area (Å²) >= 11 is 5.79. The van der Waals surface area contributed by atoms with Crippen molar-refractivity contribution in [2.45, 2.75) is 13.0 Å². The van der Waals surface area contributed by atoms with E-state index in [-0.39, 0.29) is 0 Å². The Kier molecular flexibility index (Phi) is 2.24. The van der Waals surface area contributed by atoms with Gasteiger partial charge in [-0.2, -0.15) is 4.98 Å². The van der Waals surface area contributed by atoms with Crippen LogP contribution >= 0.6 is 11.6 Å². The van der Waals surface area contributed by atoms with Crippen molar-refractivity contribution in [1.29, 1.82) is 0 Å². The van der Waals surface area contributed by atoms with Gasteiger partial charge in [0, 0.05) is 12.6 Å². The second kappa shape index (κ2) is 3.40. The summed E-state index contributed by atoms with van der Waals surface area (Å²) in [6, 6.07) is 0.591. The highest BCUT2D eigenvalue weighted by Crippen LogP contribution is 2.20. The second-order valence-electron chi connectivity index (χ2n) is 2.86. The minimum Gasteiger partial charge on any atom is -0.432 e. The van der Waals surface area contributed by atoms with Crippen LogP contribution in [0.4, 0.5) is 0 Å². The molecule has 13 heavy (non-hydrogen) atoms. The average Bonchev–Trinajstić information content (AvgIpc) is 2.46. The van der Waals surface area contributed by atoms with Crippen molar-refractivity contribution < 1.29 is 4.74 Å². The molecule has 0 unspecified atom stereocenters. The lowest BCUT2D eigenvalue weighted by molar-refractivity contribution is 0.392. The van der Waals surface area contributed by atoms with Crippen LogP contribution in [0.2, 0.25) is 0 Å². The van der Waals surface area contributed by atoms with Crippen molar-refractivity contribution in [3.8, 4) is 6.01 Å². The van der Waals surface area contributed by atoms with Crippen LogP contribution in [0.15, 0.2) is 17.5 Å². The first-order valence-electron chi connectivity index (χ1n) is 4.07. The van der Waals surface area contributed by atoms with Crippen LogP contribution in [-0.4, -0.2) is 16.1 Å². The van der Waals surface area contributed by atoms with Crippen LogP contribution in [0.1, 0.15) is 5.69 Å². The largest absolute Gasteiger partial charge is 0.432 e. The Labute approximate surface area is 81.0 Å². The number of fused-ring (bicyclic) bond motifs is 1. The number of rotatable bonds is 2. The topological polar surface area (TPSA) is 53.1 Å². The van der Waals surface area contributed by atoms with Gasteiger partial charge in [0.15, 0.2) is 0 Å². The average molecular weight is 200 g/mol. The summed E-state index contributed by atoms with van der Waals surface area (Å²) in [6.45, 7) is 1.23. The molecule has 2 N–H and O–H groups in total. The van der Waals surface area contributed by atoms with Gasteiger partial charge in [0.05, 0.1) is 17.3 Å². The van der Waals surface area contributed by atoms with Crippen molar-refractivity contribution in [3.63, 3.8) is 0 Å². The number of allylic oxidation sites excluding steroid dienone is 1. The molecule has 0 amide bonds. The molecule has 5 heteroatoms. The molecule has 2 rings (SSSR count). The molecule has 2 heterocycles. The van der Waals surface area contributed by atoms with Crippen molar-refractivity contribution in [3.05, 3.63) is 23.2 Å². The number of ether oxygens (including phenoxy) is 1. The van der Waals surface area contributed by atoms with E-state index in [9.17, 15) is 0 Å². The fourth-order valence-electron chi connectivity index (χ4n) is 1.24. The molecule has 1 aromatic rings. The Morgan fingerprint density at radius 1 is 1.69 bits per heavy atom. The summed E-state index contributed by atoms with van der Waals surface area (Å²) in [7, 11) is 0. The molecule has 0 radical (unpaired) electrons. The van der Waals surface area contributed by atoms with Gasteiger partial charge in [0.25, 0.3) is 0 Å². The van der Waals surface area contributed by atoms with E-state index >= 15 is 0 Å². The number of imidazole rings is 1. The molecule has 0 fully saturated rings. The SMILES string of the molecule is NCCc1cn2c(n1)OC=C(Cl)C2. The summed E-state index contributed by atoms with van der Waals surface area (Å²) in [6.07, 6.45) is 4.19. The van der Waals surface area contributed by atoms with E-state index in [2.05, 4.69) is 4.98 Å². The van der Waals surface area contributed by atoms with Crippen LogP contribution in [-0.2, 0) is 13.0 Å². The molecule has 70 valence electrons. The zero-order valence-electron chi connectivity index (χ0n) is 7.03. The molecule has 0 bridgehead atoms. The van der Waals surface area contributed by atoms with Gasteiger partial charge >= 0.3 is 6.01 Å². The lowest BCUT2D eigenvalue weighted by atomic mass is 10.3. The Morgan fingerprint density at radius 2 is 2.54 bits per heavy atom. The Morgan fingerprint density at radius 3 is 3.31 bits per heavy atom. The summed E-state index contributed by atoms with van der Waals surface area (Å²) in [5, 5.41) is 0.671. The van der Waals surface area contributed by atoms with Crippen molar-refractivity contribution in [2.24, 2.45) is 5.73 Å². The van der Waals surface area contributed by atoms with Gasteiger partial charge in [0.1, 0.15) is 6.26 Å². The summed E-state index contributed by atoms with van der Waals surface area (Å²) in [5.74, 6) is 0. The maximum atomic E-state index is 5.79. The lowest BCUT2D eigenvalue weighted by Gasteiger charge is -2.10. The molecule has 1 aromatic heterocycles. The summed E-state index contributed by atoms with van der Waals surface area (Å²) in [5.41, 5.74) is 6.36. The Hall–Kier alpha value is -1.00. The third-order valence-electron chi connectivity index (χ3n) is 1.80. The standard InChI is InChI=1S/C8H10ClN3O/c9-6-3-12-4-7(1-2-10)11-8(12)13-5-6/h4-5H,1-3,10H2. The fourth-order valence-corrected chi connectivity index (χ4v) is 1.42. The number of hydrogen-bond donors (Lipinski definition) is 1. The van der Waals surface area contributed by atoms with Crippen LogP contribution in [0, 0.1) is 0 Å². The van der Waals surface area contributed by atoms with E-state index in [0.29, 0.717) is 24.1 Å². The van der Waals surface area contributed by atoms with Gasteiger partial charge in [-0.3, -0.25) is 4.57 Å². The van der Waals surface area contributed by atoms with Crippen molar-refractivity contribution in [2.75, 3.05) is 6.54 Å². The van der Waals surface area contributed by atoms with Gasteiger partial charge in [-0.15, -0.1) is 0 Å². The van der Waals surface area contributed by atoms with Gasteiger partial charge in [0.2, 0.25) is 0 Å². The number of hydrogen-bond acceptors (Lipinski definition) is 3. The quantitative estimate of drug-likeness (QED) is 0.769. The minimum absolute atomic E-state index is 0.591. The molecule has 0 aromatic carbocycles. The minimum atomic E-state index is 0.591. The molecule has 0 spiro atoms. The van der Waals surface area contributed by atoms with Gasteiger partial charge in [-0.05, 0) is 6.54 Å². The Bertz CT molecular complexity index is 345. The number of aromatic nitrogens is 2. The first kappa shape index (κ1) is 8.59. The molecular formula is C8H10ClN3O. The summed E-state index contributed by atoms with van der Waals surface area (Å²) in [4.78, 5) is 4.23. The predicted molar refractivity (Wildman–Crippen MR) is 49.5 cm³/mol. The highest BCUT2D eigenvalue weighted by atomic mass is 35.5. The maximum absolute atomic E-state index is 5.79. The van der Waals surface area contributed by atoms with Crippen molar-refractivity contribution in [1.82, 2.24) is 9.55 Å². The fraction of sp³-hybridized carbons (Fsp3) is 0.375. The molecule has 1 aliphatic rings. The highest BCUT2D eigenvalue weighted by molar-refractivity contribution is 6.29. The first-order chi connectivity index (χ1) is 6.29. The van der Waals surface area contributed by atoms with E-state index < -0.39 is 0 Å². The zero-order valence-corrected chi connectivity index (χ0v) is 7.79.